The van der Waals surface area contributed by atoms with Crippen molar-refractivity contribution >= 4 is 19.3 Å². The average Bonchev–Trinajstić information content (AvgIpc) is 2.74. The maximum atomic E-state index is 2.40. The Morgan fingerprint density at radius 1 is 0.857 bits per heavy atom. The predicted octanol–water partition coefficient (Wildman–Crippen LogP) is 5.20. The molecule has 108 valence electrons. The van der Waals surface area contributed by atoms with E-state index in [-0.39, 0.29) is 5.41 Å². The molecule has 0 amide bonds. The molecule has 0 heterocycles. The van der Waals surface area contributed by atoms with Crippen LogP contribution in [-0.4, -0.2) is 8.07 Å². The van der Waals surface area contributed by atoms with Crippen molar-refractivity contribution in [3.8, 4) is 11.1 Å². The van der Waals surface area contributed by atoms with Crippen molar-refractivity contribution in [3.05, 3.63) is 59.7 Å². The SMILES string of the molecule is CC1(C)C=Cc2cccc(-c3ccc([Si](C)(C)C)cc3)c21. The molecule has 0 saturated carbocycles. The van der Waals surface area contributed by atoms with Crippen LogP contribution in [-0.2, 0) is 5.41 Å². The second kappa shape index (κ2) is 4.71. The average molecular weight is 292 g/mol. The van der Waals surface area contributed by atoms with Crippen LogP contribution in [0.5, 0.6) is 0 Å². The molecule has 0 saturated heterocycles. The highest BCUT2D eigenvalue weighted by molar-refractivity contribution is 6.88. The van der Waals surface area contributed by atoms with Gasteiger partial charge in [0.2, 0.25) is 0 Å². The zero-order valence-electron chi connectivity index (χ0n) is 13.7. The normalized spacial score (nSPS) is 16.0. The minimum absolute atomic E-state index is 0.128. The molecule has 0 N–H and O–H groups in total. The molecule has 0 bridgehead atoms. The Kier molecular flexibility index (Phi) is 3.21. The number of hydrogen-bond acceptors (Lipinski definition) is 0. The van der Waals surface area contributed by atoms with Gasteiger partial charge in [0.15, 0.2) is 0 Å². The topological polar surface area (TPSA) is 0 Å². The zero-order chi connectivity index (χ0) is 15.3. The Labute approximate surface area is 129 Å². The predicted molar refractivity (Wildman–Crippen MR) is 96.9 cm³/mol. The Morgan fingerprint density at radius 3 is 2.14 bits per heavy atom. The second-order valence-electron chi connectivity index (χ2n) is 7.65. The van der Waals surface area contributed by atoms with Crippen molar-refractivity contribution < 1.29 is 0 Å². The van der Waals surface area contributed by atoms with Gasteiger partial charge in [-0.05, 0) is 22.3 Å². The Bertz CT molecular complexity index is 698. The van der Waals surface area contributed by atoms with Gasteiger partial charge in [-0.25, -0.2) is 0 Å². The minimum atomic E-state index is -1.22. The van der Waals surface area contributed by atoms with E-state index in [1.165, 1.54) is 27.4 Å². The van der Waals surface area contributed by atoms with Crippen LogP contribution in [0.3, 0.4) is 0 Å². The first kappa shape index (κ1) is 14.3. The quantitative estimate of drug-likeness (QED) is 0.667. The van der Waals surface area contributed by atoms with Crippen LogP contribution in [0.15, 0.2) is 48.5 Å². The van der Waals surface area contributed by atoms with Crippen LogP contribution in [0.4, 0.5) is 0 Å². The van der Waals surface area contributed by atoms with Gasteiger partial charge < -0.3 is 0 Å². The van der Waals surface area contributed by atoms with Crippen LogP contribution < -0.4 is 5.19 Å². The molecule has 21 heavy (non-hydrogen) atoms. The third kappa shape index (κ3) is 2.51. The maximum absolute atomic E-state index is 2.40. The van der Waals surface area contributed by atoms with Gasteiger partial charge in [-0.1, -0.05) is 93.3 Å². The summed E-state index contributed by atoms with van der Waals surface area (Å²) in [4.78, 5) is 0. The molecule has 0 aliphatic heterocycles. The van der Waals surface area contributed by atoms with Crippen LogP contribution >= 0.6 is 0 Å². The summed E-state index contributed by atoms with van der Waals surface area (Å²) in [6.45, 7) is 11.8. The maximum Gasteiger partial charge on any atom is 0.0775 e. The molecule has 2 aromatic carbocycles. The second-order valence-corrected chi connectivity index (χ2v) is 12.7. The third-order valence-electron chi connectivity index (χ3n) is 4.48. The molecule has 0 atom stereocenters. The molecule has 3 rings (SSSR count). The van der Waals surface area contributed by atoms with Crippen LogP contribution in [0.1, 0.15) is 25.0 Å². The fourth-order valence-electron chi connectivity index (χ4n) is 3.20. The molecule has 0 fully saturated rings. The van der Waals surface area contributed by atoms with E-state index < -0.39 is 8.07 Å². The fourth-order valence-corrected chi connectivity index (χ4v) is 4.37. The Morgan fingerprint density at radius 2 is 1.52 bits per heavy atom. The number of hydrogen-bond donors (Lipinski definition) is 0. The van der Waals surface area contributed by atoms with E-state index in [1.54, 1.807) is 0 Å². The first-order valence-corrected chi connectivity index (χ1v) is 11.2. The summed E-state index contributed by atoms with van der Waals surface area (Å²) >= 11 is 0. The third-order valence-corrected chi connectivity index (χ3v) is 6.55. The van der Waals surface area contributed by atoms with Gasteiger partial charge in [0.25, 0.3) is 0 Å². The largest absolute Gasteiger partial charge is 0.0775 e. The monoisotopic (exact) mass is 292 g/mol. The number of rotatable bonds is 2. The molecule has 0 unspecified atom stereocenters. The summed E-state index contributed by atoms with van der Waals surface area (Å²) in [5, 5.41) is 1.52. The van der Waals surface area contributed by atoms with Crippen LogP contribution in [0.2, 0.25) is 19.6 Å². The van der Waals surface area contributed by atoms with E-state index in [1.807, 2.05) is 0 Å². The lowest BCUT2D eigenvalue weighted by molar-refractivity contribution is 0.685. The molecule has 2 aromatic rings. The molecule has 0 spiro atoms. The van der Waals surface area contributed by atoms with Gasteiger partial charge >= 0.3 is 0 Å². The highest BCUT2D eigenvalue weighted by atomic mass is 28.3. The van der Waals surface area contributed by atoms with E-state index in [0.29, 0.717) is 0 Å². The van der Waals surface area contributed by atoms with Crippen molar-refractivity contribution in [1.82, 2.24) is 0 Å². The molecule has 1 aliphatic carbocycles. The summed E-state index contributed by atoms with van der Waals surface area (Å²) in [7, 11) is -1.22. The standard InChI is InChI=1S/C20H24Si/c1-20(2)14-13-16-7-6-8-18(19(16)20)15-9-11-17(12-10-15)21(3,4)5/h6-14H,1-5H3. The van der Waals surface area contributed by atoms with E-state index in [2.05, 4.69) is 88.1 Å². The van der Waals surface area contributed by atoms with E-state index in [4.69, 9.17) is 0 Å². The van der Waals surface area contributed by atoms with E-state index >= 15 is 0 Å². The lowest BCUT2D eigenvalue weighted by atomic mass is 9.82. The molecular formula is C20H24Si. The molecule has 0 radical (unpaired) electrons. The molecule has 0 aromatic heterocycles. The fraction of sp³-hybridized carbons (Fsp3) is 0.300. The highest BCUT2D eigenvalue weighted by Crippen LogP contribution is 2.41. The Hall–Kier alpha value is -1.60. The number of fused-ring (bicyclic) bond motifs is 1. The smallest absolute Gasteiger partial charge is 0.0738 e. The van der Waals surface area contributed by atoms with Crippen molar-refractivity contribution in [2.45, 2.75) is 38.9 Å². The van der Waals surface area contributed by atoms with E-state index in [9.17, 15) is 0 Å². The first-order valence-electron chi connectivity index (χ1n) is 7.73. The molecule has 0 nitrogen and oxygen atoms in total. The zero-order valence-corrected chi connectivity index (χ0v) is 14.7. The summed E-state index contributed by atoms with van der Waals surface area (Å²) in [5.41, 5.74) is 5.68. The first-order chi connectivity index (χ1) is 9.79. The number of allylic oxidation sites excluding steroid dienone is 1. The van der Waals surface area contributed by atoms with Crippen molar-refractivity contribution in [2.24, 2.45) is 0 Å². The van der Waals surface area contributed by atoms with Gasteiger partial charge in [0.1, 0.15) is 0 Å². The highest BCUT2D eigenvalue weighted by Gasteiger charge is 2.28. The lowest BCUT2D eigenvalue weighted by Crippen LogP contribution is -2.37. The lowest BCUT2D eigenvalue weighted by Gasteiger charge is -2.23. The van der Waals surface area contributed by atoms with Crippen LogP contribution in [0.25, 0.3) is 17.2 Å². The molecular weight excluding hydrogens is 268 g/mol. The van der Waals surface area contributed by atoms with Gasteiger partial charge in [-0.3, -0.25) is 0 Å². The van der Waals surface area contributed by atoms with Gasteiger partial charge in [-0.15, -0.1) is 0 Å². The van der Waals surface area contributed by atoms with Crippen molar-refractivity contribution in [1.29, 1.82) is 0 Å². The van der Waals surface area contributed by atoms with E-state index in [0.717, 1.165) is 0 Å². The minimum Gasteiger partial charge on any atom is -0.0738 e. The van der Waals surface area contributed by atoms with Gasteiger partial charge in [0, 0.05) is 5.41 Å². The van der Waals surface area contributed by atoms with Crippen LogP contribution in [0, 0.1) is 0 Å². The summed E-state index contributed by atoms with van der Waals surface area (Å²) in [5.74, 6) is 0. The number of benzene rings is 2. The summed E-state index contributed by atoms with van der Waals surface area (Å²) in [6, 6.07) is 15.9. The van der Waals surface area contributed by atoms with Gasteiger partial charge in [-0.2, -0.15) is 0 Å². The Balaban J connectivity index is 2.10. The van der Waals surface area contributed by atoms with Gasteiger partial charge in [0.05, 0.1) is 8.07 Å². The van der Waals surface area contributed by atoms with Crippen molar-refractivity contribution in [2.75, 3.05) is 0 Å². The van der Waals surface area contributed by atoms with Crippen molar-refractivity contribution in [3.63, 3.8) is 0 Å². The molecule has 1 heteroatoms. The summed E-state index contributed by atoms with van der Waals surface area (Å²) < 4.78 is 0. The summed E-state index contributed by atoms with van der Waals surface area (Å²) in [6.07, 6.45) is 4.58. The molecule has 1 aliphatic rings.